The highest BCUT2D eigenvalue weighted by Crippen LogP contribution is 2.03. The lowest BCUT2D eigenvalue weighted by molar-refractivity contribution is -0.118. The highest BCUT2D eigenvalue weighted by Gasteiger charge is 2.07. The number of hydrogen-bond acceptors (Lipinski definition) is 6. The molecule has 0 unspecified atom stereocenters. The number of aromatic nitrogens is 2. The molecule has 92 valence electrons. The number of anilines is 1. The van der Waals surface area contributed by atoms with E-state index in [0.29, 0.717) is 25.2 Å². The molecule has 3 N–H and O–H groups in total. The van der Waals surface area contributed by atoms with E-state index in [-0.39, 0.29) is 11.6 Å². The monoisotopic (exact) mass is 238 g/mol. The Morgan fingerprint density at radius 3 is 2.71 bits per heavy atom. The van der Waals surface area contributed by atoms with Crippen molar-refractivity contribution in [1.82, 2.24) is 10.2 Å². The predicted octanol–water partition coefficient (Wildman–Crippen LogP) is -0.0594. The summed E-state index contributed by atoms with van der Waals surface area (Å²) in [5, 5.41) is 10.4. The summed E-state index contributed by atoms with van der Waals surface area (Å²) in [6, 6.07) is 3.12. The molecule has 0 bridgehead atoms. The van der Waals surface area contributed by atoms with Crippen LogP contribution in [0.3, 0.4) is 0 Å². The van der Waals surface area contributed by atoms with Crippen LogP contribution in [0.25, 0.3) is 0 Å². The van der Waals surface area contributed by atoms with Gasteiger partial charge >= 0.3 is 5.97 Å². The van der Waals surface area contributed by atoms with Gasteiger partial charge in [0.05, 0.1) is 7.11 Å². The fourth-order valence-electron chi connectivity index (χ4n) is 1.12. The second-order valence-electron chi connectivity index (χ2n) is 3.29. The molecule has 17 heavy (non-hydrogen) atoms. The Bertz CT molecular complexity index is 391. The first-order chi connectivity index (χ1) is 8.13. The van der Waals surface area contributed by atoms with E-state index in [0.717, 1.165) is 0 Å². The summed E-state index contributed by atoms with van der Waals surface area (Å²) in [4.78, 5) is 21.5. The number of ether oxygens (including phenoxy) is 1. The standard InChI is InChI=1S/C10H14N4O3/c1-17-10(16)7-4-5-9(14-13-7)12-6-2-3-8(11)15/h4-5H,2-3,6H2,1H3,(H2,11,15)(H,12,14). The van der Waals surface area contributed by atoms with Crippen LogP contribution in [0, 0.1) is 0 Å². The minimum absolute atomic E-state index is 0.148. The average molecular weight is 238 g/mol. The van der Waals surface area contributed by atoms with Crippen molar-refractivity contribution in [2.45, 2.75) is 12.8 Å². The molecule has 0 atom stereocenters. The molecule has 7 heteroatoms. The quantitative estimate of drug-likeness (QED) is 0.531. The van der Waals surface area contributed by atoms with Gasteiger partial charge in [-0.2, -0.15) is 0 Å². The van der Waals surface area contributed by atoms with E-state index in [9.17, 15) is 9.59 Å². The van der Waals surface area contributed by atoms with Gasteiger partial charge in [0.2, 0.25) is 5.91 Å². The van der Waals surface area contributed by atoms with Crippen molar-refractivity contribution in [3.8, 4) is 0 Å². The Morgan fingerprint density at radius 1 is 1.41 bits per heavy atom. The summed E-state index contributed by atoms with van der Waals surface area (Å²) in [6.45, 7) is 0.565. The van der Waals surface area contributed by atoms with Gasteiger partial charge in [-0.25, -0.2) is 4.79 Å². The predicted molar refractivity (Wildman–Crippen MR) is 60.3 cm³/mol. The molecular weight excluding hydrogens is 224 g/mol. The average Bonchev–Trinajstić information content (AvgIpc) is 2.34. The van der Waals surface area contributed by atoms with E-state index in [4.69, 9.17) is 5.73 Å². The third-order valence-electron chi connectivity index (χ3n) is 1.97. The molecule has 0 saturated heterocycles. The zero-order valence-electron chi connectivity index (χ0n) is 9.47. The second-order valence-corrected chi connectivity index (χ2v) is 3.29. The maximum atomic E-state index is 11.1. The number of primary amides is 1. The van der Waals surface area contributed by atoms with Crippen molar-refractivity contribution >= 4 is 17.7 Å². The van der Waals surface area contributed by atoms with Crippen molar-refractivity contribution < 1.29 is 14.3 Å². The zero-order chi connectivity index (χ0) is 12.7. The lowest BCUT2D eigenvalue weighted by Gasteiger charge is -2.04. The molecule has 1 amide bonds. The van der Waals surface area contributed by atoms with Crippen molar-refractivity contribution in [3.05, 3.63) is 17.8 Å². The molecule has 0 aliphatic rings. The SMILES string of the molecule is COC(=O)c1ccc(NCCCC(N)=O)nn1. The fraction of sp³-hybridized carbons (Fsp3) is 0.400. The van der Waals surface area contributed by atoms with E-state index in [2.05, 4.69) is 20.3 Å². The number of carbonyl (C=O) groups excluding carboxylic acids is 2. The van der Waals surface area contributed by atoms with Gasteiger partial charge in [-0.3, -0.25) is 4.79 Å². The van der Waals surface area contributed by atoms with E-state index in [1.807, 2.05) is 0 Å². The van der Waals surface area contributed by atoms with Crippen LogP contribution >= 0.6 is 0 Å². The Kier molecular flexibility index (Phi) is 4.86. The van der Waals surface area contributed by atoms with Gasteiger partial charge in [0.25, 0.3) is 0 Å². The largest absolute Gasteiger partial charge is 0.464 e. The Labute approximate surface area is 98.4 Å². The summed E-state index contributed by atoms with van der Waals surface area (Å²) in [6.07, 6.45) is 0.941. The molecule has 0 spiro atoms. The molecule has 0 aliphatic heterocycles. The van der Waals surface area contributed by atoms with E-state index in [1.165, 1.54) is 13.2 Å². The Hall–Kier alpha value is -2.18. The lowest BCUT2D eigenvalue weighted by atomic mass is 10.3. The molecule has 7 nitrogen and oxygen atoms in total. The lowest BCUT2D eigenvalue weighted by Crippen LogP contribution is -2.13. The van der Waals surface area contributed by atoms with Crippen molar-refractivity contribution in [3.63, 3.8) is 0 Å². The number of hydrogen-bond donors (Lipinski definition) is 2. The molecule has 1 heterocycles. The first-order valence-corrected chi connectivity index (χ1v) is 5.07. The third-order valence-corrected chi connectivity index (χ3v) is 1.97. The third kappa shape index (κ3) is 4.45. The summed E-state index contributed by atoms with van der Waals surface area (Å²) in [5.74, 6) is -0.334. The van der Waals surface area contributed by atoms with Crippen LogP contribution < -0.4 is 11.1 Å². The number of nitrogens with one attached hydrogen (secondary N) is 1. The van der Waals surface area contributed by atoms with Gasteiger partial charge in [-0.05, 0) is 18.6 Å². The Balaban J connectivity index is 2.40. The number of esters is 1. The maximum absolute atomic E-state index is 11.1. The normalized spacial score (nSPS) is 9.71. The molecule has 0 saturated carbocycles. The number of carbonyl (C=O) groups is 2. The highest BCUT2D eigenvalue weighted by molar-refractivity contribution is 5.86. The Morgan fingerprint density at radius 2 is 2.18 bits per heavy atom. The van der Waals surface area contributed by atoms with Crippen LogP contribution in [0.1, 0.15) is 23.3 Å². The van der Waals surface area contributed by atoms with Crippen molar-refractivity contribution in [1.29, 1.82) is 0 Å². The minimum Gasteiger partial charge on any atom is -0.464 e. The first-order valence-electron chi connectivity index (χ1n) is 5.07. The van der Waals surface area contributed by atoms with Crippen molar-refractivity contribution in [2.24, 2.45) is 5.73 Å². The van der Waals surface area contributed by atoms with Crippen LogP contribution in [0.5, 0.6) is 0 Å². The second kappa shape index (κ2) is 6.41. The maximum Gasteiger partial charge on any atom is 0.358 e. The topological polar surface area (TPSA) is 107 Å². The zero-order valence-corrected chi connectivity index (χ0v) is 9.47. The molecule has 1 aromatic heterocycles. The molecule has 1 aromatic rings. The van der Waals surface area contributed by atoms with Gasteiger partial charge in [-0.15, -0.1) is 10.2 Å². The van der Waals surface area contributed by atoms with Gasteiger partial charge in [0.15, 0.2) is 5.69 Å². The molecule has 0 aromatic carbocycles. The van der Waals surface area contributed by atoms with E-state index < -0.39 is 5.97 Å². The molecule has 0 aliphatic carbocycles. The molecule has 1 rings (SSSR count). The van der Waals surface area contributed by atoms with Crippen LogP contribution in [0.15, 0.2) is 12.1 Å². The van der Waals surface area contributed by atoms with Crippen LogP contribution in [0.2, 0.25) is 0 Å². The summed E-state index contributed by atoms with van der Waals surface area (Å²) >= 11 is 0. The number of nitrogens with two attached hydrogens (primary N) is 1. The smallest absolute Gasteiger partial charge is 0.358 e. The number of nitrogens with zero attached hydrogens (tertiary/aromatic N) is 2. The summed E-state index contributed by atoms with van der Waals surface area (Å²) in [5.41, 5.74) is 5.14. The van der Waals surface area contributed by atoms with Crippen LogP contribution in [-0.2, 0) is 9.53 Å². The summed E-state index contributed by atoms with van der Waals surface area (Å²) < 4.78 is 4.49. The molecular formula is C10H14N4O3. The van der Waals surface area contributed by atoms with Gasteiger partial charge < -0.3 is 15.8 Å². The summed E-state index contributed by atoms with van der Waals surface area (Å²) in [7, 11) is 1.28. The first kappa shape index (κ1) is 12.9. The molecule has 0 fully saturated rings. The van der Waals surface area contributed by atoms with Gasteiger partial charge in [-0.1, -0.05) is 0 Å². The van der Waals surface area contributed by atoms with E-state index >= 15 is 0 Å². The van der Waals surface area contributed by atoms with Gasteiger partial charge in [0.1, 0.15) is 5.82 Å². The van der Waals surface area contributed by atoms with Crippen LogP contribution in [-0.4, -0.2) is 35.7 Å². The molecule has 0 radical (unpaired) electrons. The van der Waals surface area contributed by atoms with E-state index in [1.54, 1.807) is 6.07 Å². The minimum atomic E-state index is -0.530. The fourth-order valence-corrected chi connectivity index (χ4v) is 1.12. The van der Waals surface area contributed by atoms with Gasteiger partial charge in [0, 0.05) is 13.0 Å². The van der Waals surface area contributed by atoms with Crippen molar-refractivity contribution in [2.75, 3.05) is 19.0 Å². The number of methoxy groups -OCH3 is 1. The number of rotatable bonds is 6. The van der Waals surface area contributed by atoms with Crippen LogP contribution in [0.4, 0.5) is 5.82 Å². The number of amides is 1. The highest BCUT2D eigenvalue weighted by atomic mass is 16.5.